The summed E-state index contributed by atoms with van der Waals surface area (Å²) in [5, 5.41) is 0. The number of carbonyl (C=O) groups is 1. The van der Waals surface area contributed by atoms with Crippen LogP contribution < -0.4 is 0 Å². The number of hydrogen-bond donors (Lipinski definition) is 0. The van der Waals surface area contributed by atoms with Crippen molar-refractivity contribution in [3.63, 3.8) is 0 Å². The van der Waals surface area contributed by atoms with Gasteiger partial charge in [-0.05, 0) is 6.92 Å². The van der Waals surface area contributed by atoms with Crippen molar-refractivity contribution in [3.05, 3.63) is 0 Å². The molecule has 1 amide bonds. The van der Waals surface area contributed by atoms with Gasteiger partial charge in [0.25, 0.3) is 5.91 Å². The van der Waals surface area contributed by atoms with E-state index in [-0.39, 0.29) is 11.9 Å². The molecule has 3 heteroatoms. The molecule has 0 aliphatic carbocycles. The molecule has 0 aromatic heterocycles. The molecule has 0 bridgehead atoms. The maximum absolute atomic E-state index is 12.4. The van der Waals surface area contributed by atoms with Crippen molar-refractivity contribution in [2.45, 2.75) is 25.6 Å². The van der Waals surface area contributed by atoms with Crippen LogP contribution in [0, 0.1) is 0 Å². The van der Waals surface area contributed by atoms with E-state index < -0.39 is 6.17 Å². The Morgan fingerprint density at radius 2 is 2.33 bits per heavy atom. The fraction of sp³-hybridized carbons (Fsp3) is 0.833. The minimum atomic E-state index is -1.25. The lowest BCUT2D eigenvalue weighted by Crippen LogP contribution is -2.27. The zero-order chi connectivity index (χ0) is 7.02. The van der Waals surface area contributed by atoms with Gasteiger partial charge in [0.2, 0.25) is 0 Å². The molecule has 1 aliphatic heterocycles. The summed E-state index contributed by atoms with van der Waals surface area (Å²) in [4.78, 5) is 12.1. The highest BCUT2D eigenvalue weighted by Gasteiger charge is 2.34. The number of alkyl halides is 1. The third-order valence-electron chi connectivity index (χ3n) is 1.82. The van der Waals surface area contributed by atoms with E-state index in [0.717, 1.165) is 0 Å². The smallest absolute Gasteiger partial charge is 0.257 e. The largest absolute Gasteiger partial charge is 0.340 e. The molecule has 2 unspecified atom stereocenters. The van der Waals surface area contributed by atoms with Crippen LogP contribution in [0.2, 0.25) is 0 Å². The second-order valence-corrected chi connectivity index (χ2v) is 2.50. The van der Waals surface area contributed by atoms with Crippen LogP contribution in [0.15, 0.2) is 0 Å². The van der Waals surface area contributed by atoms with E-state index in [1.807, 2.05) is 6.92 Å². The van der Waals surface area contributed by atoms with Crippen molar-refractivity contribution in [1.29, 1.82) is 0 Å². The predicted octanol–water partition coefficient (Wildman–Crippen LogP) is 0.575. The topological polar surface area (TPSA) is 20.3 Å². The first-order valence-electron chi connectivity index (χ1n) is 3.03. The van der Waals surface area contributed by atoms with E-state index in [9.17, 15) is 9.18 Å². The molecule has 1 saturated heterocycles. The van der Waals surface area contributed by atoms with E-state index in [4.69, 9.17) is 0 Å². The second-order valence-electron chi connectivity index (χ2n) is 2.50. The minimum Gasteiger partial charge on any atom is -0.340 e. The van der Waals surface area contributed by atoms with Gasteiger partial charge in [-0.15, -0.1) is 0 Å². The molecule has 0 radical (unpaired) electrons. The number of rotatable bonds is 0. The van der Waals surface area contributed by atoms with Crippen LogP contribution in [0.4, 0.5) is 4.39 Å². The molecule has 1 fully saturated rings. The quantitative estimate of drug-likeness (QED) is 0.470. The van der Waals surface area contributed by atoms with Crippen LogP contribution in [-0.2, 0) is 4.79 Å². The van der Waals surface area contributed by atoms with Gasteiger partial charge in [-0.25, -0.2) is 4.39 Å². The lowest BCUT2D eigenvalue weighted by molar-refractivity contribution is -0.131. The highest BCUT2D eigenvalue weighted by molar-refractivity contribution is 5.83. The van der Waals surface area contributed by atoms with E-state index in [1.165, 1.54) is 4.90 Å². The number of amides is 1. The monoisotopic (exact) mass is 131 g/mol. The molecular formula is C6H10FNO. The van der Waals surface area contributed by atoms with Crippen LogP contribution in [0.3, 0.4) is 0 Å². The number of carbonyl (C=O) groups excluding carboxylic acids is 1. The summed E-state index contributed by atoms with van der Waals surface area (Å²) in [6.45, 7) is 1.84. The average Bonchev–Trinajstić information content (AvgIpc) is 1.98. The number of hydrogen-bond acceptors (Lipinski definition) is 1. The minimum absolute atomic E-state index is 0.0764. The Morgan fingerprint density at radius 1 is 1.78 bits per heavy atom. The van der Waals surface area contributed by atoms with Crippen LogP contribution in [0.5, 0.6) is 0 Å². The van der Waals surface area contributed by atoms with Gasteiger partial charge in [0.15, 0.2) is 6.17 Å². The van der Waals surface area contributed by atoms with E-state index in [0.29, 0.717) is 6.42 Å². The molecule has 1 heterocycles. The van der Waals surface area contributed by atoms with Gasteiger partial charge in [-0.3, -0.25) is 4.79 Å². The molecule has 1 aliphatic rings. The fourth-order valence-electron chi connectivity index (χ4n) is 0.997. The Hall–Kier alpha value is -0.600. The maximum Gasteiger partial charge on any atom is 0.257 e. The lowest BCUT2D eigenvalue weighted by atomic mass is 10.2. The van der Waals surface area contributed by atoms with Gasteiger partial charge in [0, 0.05) is 19.5 Å². The molecule has 0 aromatic rings. The van der Waals surface area contributed by atoms with Gasteiger partial charge < -0.3 is 4.90 Å². The maximum atomic E-state index is 12.4. The Kier molecular flexibility index (Phi) is 1.43. The van der Waals surface area contributed by atoms with Crippen molar-refractivity contribution in [1.82, 2.24) is 4.90 Å². The van der Waals surface area contributed by atoms with E-state index in [1.54, 1.807) is 7.05 Å². The molecular weight excluding hydrogens is 121 g/mol. The molecule has 2 nitrogen and oxygen atoms in total. The third-order valence-corrected chi connectivity index (χ3v) is 1.82. The van der Waals surface area contributed by atoms with Crippen LogP contribution in [0.1, 0.15) is 13.3 Å². The van der Waals surface area contributed by atoms with Crippen molar-refractivity contribution in [2.24, 2.45) is 0 Å². The summed E-state index contributed by atoms with van der Waals surface area (Å²) >= 11 is 0. The average molecular weight is 131 g/mol. The molecule has 0 aromatic carbocycles. The first kappa shape index (κ1) is 6.52. The van der Waals surface area contributed by atoms with E-state index in [2.05, 4.69) is 0 Å². The molecule has 0 spiro atoms. The first-order chi connectivity index (χ1) is 4.13. The number of halogens is 1. The Labute approximate surface area is 53.6 Å². The highest BCUT2D eigenvalue weighted by Crippen LogP contribution is 2.18. The summed E-state index contributed by atoms with van der Waals surface area (Å²) in [5.41, 5.74) is 0. The van der Waals surface area contributed by atoms with Gasteiger partial charge in [-0.1, -0.05) is 0 Å². The normalized spacial score (nSPS) is 35.9. The van der Waals surface area contributed by atoms with E-state index >= 15 is 0 Å². The van der Waals surface area contributed by atoms with Crippen LogP contribution >= 0.6 is 0 Å². The number of likely N-dealkylation sites (tertiary alicyclic amines) is 1. The molecule has 1 rings (SSSR count). The Balaban J connectivity index is 2.65. The van der Waals surface area contributed by atoms with Crippen molar-refractivity contribution >= 4 is 5.91 Å². The zero-order valence-corrected chi connectivity index (χ0v) is 5.60. The molecule has 2 atom stereocenters. The summed E-state index contributed by atoms with van der Waals surface area (Å²) in [6, 6.07) is 0.0764. The summed E-state index contributed by atoms with van der Waals surface area (Å²) in [7, 11) is 1.63. The van der Waals surface area contributed by atoms with Crippen LogP contribution in [-0.4, -0.2) is 30.1 Å². The Morgan fingerprint density at radius 3 is 2.44 bits per heavy atom. The van der Waals surface area contributed by atoms with Crippen molar-refractivity contribution < 1.29 is 9.18 Å². The van der Waals surface area contributed by atoms with Crippen LogP contribution in [0.25, 0.3) is 0 Å². The van der Waals surface area contributed by atoms with Crippen molar-refractivity contribution in [2.75, 3.05) is 7.05 Å². The Bertz CT molecular complexity index is 137. The summed E-state index contributed by atoms with van der Waals surface area (Å²) < 4.78 is 12.4. The van der Waals surface area contributed by atoms with Gasteiger partial charge in [0.05, 0.1) is 0 Å². The van der Waals surface area contributed by atoms with Gasteiger partial charge >= 0.3 is 0 Å². The number of nitrogens with zero attached hydrogens (tertiary/aromatic N) is 1. The molecule has 0 saturated carbocycles. The summed E-state index contributed by atoms with van der Waals surface area (Å²) in [5.74, 6) is -0.373. The van der Waals surface area contributed by atoms with Crippen molar-refractivity contribution in [3.8, 4) is 0 Å². The molecule has 52 valence electrons. The molecule has 9 heavy (non-hydrogen) atoms. The SMILES string of the molecule is CC1CC(F)C(=O)N1C. The first-order valence-corrected chi connectivity index (χ1v) is 3.03. The standard InChI is InChI=1S/C6H10FNO/c1-4-3-5(7)6(9)8(4)2/h4-5H,3H2,1-2H3. The van der Waals surface area contributed by atoms with Gasteiger partial charge in [-0.2, -0.15) is 0 Å². The predicted molar refractivity (Wildman–Crippen MR) is 31.7 cm³/mol. The lowest BCUT2D eigenvalue weighted by Gasteiger charge is -2.12. The highest BCUT2D eigenvalue weighted by atomic mass is 19.1. The second kappa shape index (κ2) is 1.97. The van der Waals surface area contributed by atoms with Gasteiger partial charge in [0.1, 0.15) is 0 Å². The molecule has 0 N–H and O–H groups in total. The zero-order valence-electron chi connectivity index (χ0n) is 5.60. The summed E-state index contributed by atoms with van der Waals surface area (Å²) in [6.07, 6.45) is -0.889. The fourth-order valence-corrected chi connectivity index (χ4v) is 0.997. The third kappa shape index (κ3) is 0.910.